The average Bonchev–Trinajstić information content (AvgIpc) is 2.36. The molecule has 5 unspecified atom stereocenters. The number of aliphatic hydroxyl groups is 2. The third-order valence-electron chi connectivity index (χ3n) is 6.13. The standard InChI is InChI=1S/C20H34O2/c1-14(2)7-6-11-19(4,21)18-10-12-20(5,22)17-9-8-15(3)13-16(17)18/h7,16-18,21-22H,3,6,8-13H2,1-2,4-5H3. The number of allylic oxidation sites excluding steroid dienone is 3. The summed E-state index contributed by atoms with van der Waals surface area (Å²) < 4.78 is 0. The van der Waals surface area contributed by atoms with E-state index in [0.29, 0.717) is 11.8 Å². The first-order valence-corrected chi connectivity index (χ1v) is 8.88. The van der Waals surface area contributed by atoms with E-state index in [2.05, 4.69) is 26.5 Å². The number of rotatable bonds is 4. The Morgan fingerprint density at radius 3 is 2.73 bits per heavy atom. The van der Waals surface area contributed by atoms with Crippen molar-refractivity contribution in [2.24, 2.45) is 17.8 Å². The molecule has 126 valence electrons. The van der Waals surface area contributed by atoms with Crippen LogP contribution in [0, 0.1) is 17.8 Å². The number of hydrogen-bond acceptors (Lipinski definition) is 2. The first-order valence-electron chi connectivity index (χ1n) is 8.88. The van der Waals surface area contributed by atoms with Gasteiger partial charge in [-0.15, -0.1) is 0 Å². The zero-order valence-electron chi connectivity index (χ0n) is 14.9. The van der Waals surface area contributed by atoms with Crippen LogP contribution in [0.5, 0.6) is 0 Å². The number of fused-ring (bicyclic) bond motifs is 1. The van der Waals surface area contributed by atoms with Gasteiger partial charge >= 0.3 is 0 Å². The molecule has 0 aromatic heterocycles. The summed E-state index contributed by atoms with van der Waals surface area (Å²) in [4.78, 5) is 0. The largest absolute Gasteiger partial charge is 0.390 e. The molecule has 2 fully saturated rings. The van der Waals surface area contributed by atoms with Gasteiger partial charge in [0.2, 0.25) is 0 Å². The van der Waals surface area contributed by atoms with Crippen molar-refractivity contribution < 1.29 is 10.2 Å². The van der Waals surface area contributed by atoms with Crippen LogP contribution >= 0.6 is 0 Å². The van der Waals surface area contributed by atoms with Crippen LogP contribution in [0.15, 0.2) is 23.8 Å². The molecule has 0 radical (unpaired) electrons. The molecule has 2 aliphatic carbocycles. The molecule has 0 heterocycles. The molecular formula is C20H34O2. The molecule has 0 aromatic rings. The lowest BCUT2D eigenvalue weighted by Crippen LogP contribution is -2.53. The van der Waals surface area contributed by atoms with E-state index in [9.17, 15) is 10.2 Å². The second-order valence-electron chi connectivity index (χ2n) is 8.44. The molecule has 2 nitrogen and oxygen atoms in total. The van der Waals surface area contributed by atoms with Crippen molar-refractivity contribution in [2.75, 3.05) is 0 Å². The van der Waals surface area contributed by atoms with E-state index in [1.807, 2.05) is 13.8 Å². The van der Waals surface area contributed by atoms with Gasteiger partial charge in [0.15, 0.2) is 0 Å². The Kier molecular flexibility index (Phi) is 5.23. The minimum Gasteiger partial charge on any atom is -0.390 e. The van der Waals surface area contributed by atoms with Gasteiger partial charge in [0.05, 0.1) is 11.2 Å². The Morgan fingerprint density at radius 2 is 2.09 bits per heavy atom. The molecule has 0 bridgehead atoms. The van der Waals surface area contributed by atoms with E-state index in [-0.39, 0.29) is 5.92 Å². The summed E-state index contributed by atoms with van der Waals surface area (Å²) in [6.07, 6.45) is 8.71. The predicted molar refractivity (Wildman–Crippen MR) is 92.6 cm³/mol. The average molecular weight is 306 g/mol. The van der Waals surface area contributed by atoms with Gasteiger partial charge in [-0.1, -0.05) is 23.8 Å². The number of hydrogen-bond donors (Lipinski definition) is 2. The lowest BCUT2D eigenvalue weighted by atomic mass is 9.55. The molecule has 2 N–H and O–H groups in total. The minimum absolute atomic E-state index is 0.278. The third-order valence-corrected chi connectivity index (χ3v) is 6.13. The van der Waals surface area contributed by atoms with Gasteiger partial charge in [-0.05, 0) is 90.4 Å². The second kappa shape index (κ2) is 6.49. The SMILES string of the molecule is C=C1CCC2C(C1)C(C(C)(O)CCC=C(C)C)CCC2(C)O. The highest BCUT2D eigenvalue weighted by atomic mass is 16.3. The molecule has 0 aromatic carbocycles. The Bertz CT molecular complexity index is 441. The van der Waals surface area contributed by atoms with Crippen molar-refractivity contribution in [1.29, 1.82) is 0 Å². The predicted octanol–water partition coefficient (Wildman–Crippen LogP) is 4.62. The van der Waals surface area contributed by atoms with Crippen LogP contribution in [0.4, 0.5) is 0 Å². The Morgan fingerprint density at radius 1 is 1.41 bits per heavy atom. The fourth-order valence-corrected chi connectivity index (χ4v) is 4.80. The van der Waals surface area contributed by atoms with Crippen molar-refractivity contribution in [3.8, 4) is 0 Å². The van der Waals surface area contributed by atoms with Crippen LogP contribution in [0.1, 0.15) is 72.6 Å². The molecular weight excluding hydrogens is 272 g/mol. The molecule has 2 rings (SSSR count). The van der Waals surface area contributed by atoms with Crippen molar-refractivity contribution in [3.05, 3.63) is 23.8 Å². The van der Waals surface area contributed by atoms with Gasteiger partial charge in [-0.2, -0.15) is 0 Å². The minimum atomic E-state index is -0.650. The third kappa shape index (κ3) is 3.83. The molecule has 22 heavy (non-hydrogen) atoms. The fraction of sp³-hybridized carbons (Fsp3) is 0.800. The fourth-order valence-electron chi connectivity index (χ4n) is 4.80. The van der Waals surface area contributed by atoms with Crippen LogP contribution in [0.3, 0.4) is 0 Å². The van der Waals surface area contributed by atoms with Gasteiger partial charge in [-0.25, -0.2) is 0 Å². The van der Waals surface area contributed by atoms with Crippen LogP contribution in [0.25, 0.3) is 0 Å². The van der Waals surface area contributed by atoms with E-state index in [4.69, 9.17) is 0 Å². The Hall–Kier alpha value is -0.600. The Balaban J connectivity index is 2.15. The van der Waals surface area contributed by atoms with Gasteiger partial charge in [0, 0.05) is 0 Å². The van der Waals surface area contributed by atoms with Gasteiger partial charge in [0.25, 0.3) is 0 Å². The van der Waals surface area contributed by atoms with Crippen molar-refractivity contribution in [2.45, 2.75) is 83.8 Å². The summed E-state index contributed by atoms with van der Waals surface area (Å²) in [6.45, 7) is 12.4. The molecule has 5 atom stereocenters. The molecule has 0 aliphatic heterocycles. The first kappa shape index (κ1) is 17.7. The molecule has 2 aliphatic rings. The maximum absolute atomic E-state index is 11.1. The lowest BCUT2D eigenvalue weighted by molar-refractivity contribution is -0.138. The van der Waals surface area contributed by atoms with E-state index in [1.165, 1.54) is 11.1 Å². The normalized spacial score (nSPS) is 38.1. The van der Waals surface area contributed by atoms with Crippen molar-refractivity contribution in [1.82, 2.24) is 0 Å². The highest BCUT2D eigenvalue weighted by Gasteiger charge is 2.51. The van der Waals surface area contributed by atoms with Gasteiger partial charge in [0.1, 0.15) is 0 Å². The second-order valence-corrected chi connectivity index (χ2v) is 8.44. The molecule has 0 amide bonds. The van der Waals surface area contributed by atoms with E-state index in [1.54, 1.807) is 0 Å². The smallest absolute Gasteiger partial charge is 0.0653 e. The summed E-state index contributed by atoms with van der Waals surface area (Å²) >= 11 is 0. The quantitative estimate of drug-likeness (QED) is 0.744. The van der Waals surface area contributed by atoms with Crippen LogP contribution in [0.2, 0.25) is 0 Å². The highest BCUT2D eigenvalue weighted by molar-refractivity contribution is 5.10. The van der Waals surface area contributed by atoms with E-state index < -0.39 is 11.2 Å². The summed E-state index contributed by atoms with van der Waals surface area (Å²) in [5, 5.41) is 21.9. The Labute approximate surface area is 136 Å². The maximum atomic E-state index is 11.1. The summed E-state index contributed by atoms with van der Waals surface area (Å²) in [5.41, 5.74) is 1.39. The topological polar surface area (TPSA) is 40.5 Å². The maximum Gasteiger partial charge on any atom is 0.0653 e. The molecule has 2 saturated carbocycles. The summed E-state index contributed by atoms with van der Waals surface area (Å²) in [6, 6.07) is 0. The zero-order chi connectivity index (χ0) is 16.5. The van der Waals surface area contributed by atoms with Crippen LogP contribution in [-0.2, 0) is 0 Å². The van der Waals surface area contributed by atoms with E-state index in [0.717, 1.165) is 44.9 Å². The molecule has 0 spiro atoms. The summed E-state index contributed by atoms with van der Waals surface area (Å²) in [7, 11) is 0. The zero-order valence-corrected chi connectivity index (χ0v) is 14.9. The van der Waals surface area contributed by atoms with Gasteiger partial charge in [-0.3, -0.25) is 0 Å². The van der Waals surface area contributed by atoms with Crippen LogP contribution < -0.4 is 0 Å². The van der Waals surface area contributed by atoms with Crippen molar-refractivity contribution >= 4 is 0 Å². The lowest BCUT2D eigenvalue weighted by Gasteiger charge is -2.53. The first-order chi connectivity index (χ1) is 10.1. The van der Waals surface area contributed by atoms with Crippen molar-refractivity contribution in [3.63, 3.8) is 0 Å². The molecule has 0 saturated heterocycles. The van der Waals surface area contributed by atoms with E-state index >= 15 is 0 Å². The van der Waals surface area contributed by atoms with Gasteiger partial charge < -0.3 is 10.2 Å². The summed E-state index contributed by atoms with van der Waals surface area (Å²) in [5.74, 6) is 0.971. The molecule has 2 heteroatoms. The monoisotopic (exact) mass is 306 g/mol. The van der Waals surface area contributed by atoms with Crippen LogP contribution in [-0.4, -0.2) is 21.4 Å². The highest BCUT2D eigenvalue weighted by Crippen LogP contribution is 2.53.